The minimum atomic E-state index is -2.90. The standard InChI is InChI=1S/C35H39N5O6Si/c1-23-32(47(2,3)44)30(16-17-38-22-28(36-37-38)31(41)25-12-8-5-9-13-25)46-35(23)27-20-26(39-18-19-45-34(39)43)14-15-29(27)40(33(35)42)21-24-10-6-4-7-11-24/h4-15,20,22-23,30-32,41,44H,16-19,21H2,1-3H3/t23-,30+,31+,32-,35+/m0/s1. The maximum atomic E-state index is 14.8. The van der Waals surface area contributed by atoms with E-state index in [1.165, 1.54) is 0 Å². The van der Waals surface area contributed by atoms with Gasteiger partial charge in [-0.2, -0.15) is 0 Å². The minimum Gasteiger partial charge on any atom is -0.447 e. The molecular weight excluding hydrogens is 615 g/mol. The van der Waals surface area contributed by atoms with Crippen molar-refractivity contribution < 1.29 is 29.0 Å². The van der Waals surface area contributed by atoms with Crippen molar-refractivity contribution in [2.24, 2.45) is 5.92 Å². The van der Waals surface area contributed by atoms with Crippen molar-refractivity contribution in [1.29, 1.82) is 0 Å². The molecule has 5 atom stereocenters. The summed E-state index contributed by atoms with van der Waals surface area (Å²) in [5, 5.41) is 19.3. The van der Waals surface area contributed by atoms with E-state index in [-0.39, 0.29) is 17.4 Å². The van der Waals surface area contributed by atoms with Gasteiger partial charge >= 0.3 is 6.09 Å². The molecule has 2 N–H and O–H groups in total. The first-order valence-corrected chi connectivity index (χ1v) is 19.1. The molecule has 4 heterocycles. The van der Waals surface area contributed by atoms with E-state index in [2.05, 4.69) is 10.3 Å². The van der Waals surface area contributed by atoms with Crippen molar-refractivity contribution >= 4 is 31.7 Å². The smallest absolute Gasteiger partial charge is 0.414 e. The fourth-order valence-electron chi connectivity index (χ4n) is 7.67. The first kappa shape index (κ1) is 31.2. The number of ether oxygens (including phenoxy) is 2. The van der Waals surface area contributed by atoms with Gasteiger partial charge < -0.3 is 24.3 Å². The van der Waals surface area contributed by atoms with Crippen LogP contribution in [-0.2, 0) is 33.0 Å². The van der Waals surface area contributed by atoms with E-state index in [9.17, 15) is 19.5 Å². The van der Waals surface area contributed by atoms with Gasteiger partial charge in [-0.1, -0.05) is 72.8 Å². The van der Waals surface area contributed by atoms with Gasteiger partial charge in [0.05, 0.1) is 31.1 Å². The normalized spacial score (nSPS) is 24.7. The summed E-state index contributed by atoms with van der Waals surface area (Å²) in [6.45, 7) is 7.28. The van der Waals surface area contributed by atoms with E-state index in [0.717, 1.165) is 16.8 Å². The lowest BCUT2D eigenvalue weighted by molar-refractivity contribution is -0.146. The Labute approximate surface area is 274 Å². The molecule has 4 aromatic rings. The average Bonchev–Trinajstić information content (AvgIpc) is 3.83. The van der Waals surface area contributed by atoms with Crippen LogP contribution >= 0.6 is 0 Å². The lowest BCUT2D eigenvalue weighted by atomic mass is 9.82. The third kappa shape index (κ3) is 5.44. The molecule has 3 aromatic carbocycles. The zero-order chi connectivity index (χ0) is 32.9. The van der Waals surface area contributed by atoms with Crippen LogP contribution in [0.1, 0.15) is 41.8 Å². The molecule has 0 saturated carbocycles. The van der Waals surface area contributed by atoms with E-state index in [1.807, 2.05) is 98.9 Å². The third-order valence-electron chi connectivity index (χ3n) is 9.82. The molecule has 1 spiro atoms. The number of carbonyl (C=O) groups excluding carboxylic acids is 2. The zero-order valence-electron chi connectivity index (χ0n) is 26.7. The SMILES string of the molecule is C[C@H]1[C@H]([Si](C)(C)O)[C@@H](CCn2cc([C@H](O)c3ccccc3)nn2)O[C@]12C(=O)N(Cc1ccccc1)c1ccc(N3CCOC3=O)cc12. The number of anilines is 2. The van der Waals surface area contributed by atoms with Gasteiger partial charge in [0.1, 0.15) is 18.4 Å². The first-order chi connectivity index (χ1) is 22.6. The van der Waals surface area contributed by atoms with Gasteiger partial charge in [0.2, 0.25) is 0 Å². The van der Waals surface area contributed by atoms with Gasteiger partial charge in [0.25, 0.3) is 5.91 Å². The fraction of sp³-hybridized carbons (Fsp3) is 0.371. The minimum absolute atomic E-state index is 0.176. The van der Waals surface area contributed by atoms with E-state index in [1.54, 1.807) is 20.7 Å². The fourth-order valence-corrected chi connectivity index (χ4v) is 10.3. The predicted molar refractivity (Wildman–Crippen MR) is 177 cm³/mol. The number of aromatic nitrogens is 3. The summed E-state index contributed by atoms with van der Waals surface area (Å²) < 4.78 is 13.9. The highest BCUT2D eigenvalue weighted by Gasteiger charge is 2.66. The Morgan fingerprint density at radius 1 is 1.04 bits per heavy atom. The molecule has 0 unspecified atom stereocenters. The Bertz CT molecular complexity index is 1780. The number of rotatable bonds is 9. The Hall–Kier alpha value is -4.36. The van der Waals surface area contributed by atoms with Gasteiger partial charge in [0, 0.05) is 29.3 Å². The highest BCUT2D eigenvalue weighted by atomic mass is 28.4. The summed E-state index contributed by atoms with van der Waals surface area (Å²) in [5.74, 6) is -0.539. The van der Waals surface area contributed by atoms with Crippen molar-refractivity contribution in [1.82, 2.24) is 15.0 Å². The summed E-state index contributed by atoms with van der Waals surface area (Å²) in [4.78, 5) is 42.4. The Morgan fingerprint density at radius 2 is 1.77 bits per heavy atom. The van der Waals surface area contributed by atoms with Crippen LogP contribution in [-0.4, -0.2) is 64.5 Å². The number of hydrogen-bond donors (Lipinski definition) is 2. The lowest BCUT2D eigenvalue weighted by Crippen LogP contribution is -2.46. The van der Waals surface area contributed by atoms with Crippen LogP contribution in [0.2, 0.25) is 18.6 Å². The number of aryl methyl sites for hydroxylation is 1. The summed E-state index contributed by atoms with van der Waals surface area (Å²) in [5.41, 5.74) is 2.57. The van der Waals surface area contributed by atoms with Crippen LogP contribution in [0, 0.1) is 5.92 Å². The Kier molecular flexibility index (Phi) is 7.99. The number of aliphatic hydroxyl groups excluding tert-OH is 1. The monoisotopic (exact) mass is 653 g/mol. The maximum Gasteiger partial charge on any atom is 0.414 e. The van der Waals surface area contributed by atoms with E-state index >= 15 is 0 Å². The summed E-state index contributed by atoms with van der Waals surface area (Å²) in [6.07, 6.45) is 0.405. The van der Waals surface area contributed by atoms with Gasteiger partial charge in [-0.25, -0.2) is 4.79 Å². The van der Waals surface area contributed by atoms with Crippen LogP contribution in [0.25, 0.3) is 0 Å². The first-order valence-electron chi connectivity index (χ1n) is 16.1. The molecular formula is C35H39N5O6Si. The Balaban J connectivity index is 1.22. The number of amides is 2. The molecule has 1 aromatic heterocycles. The number of aliphatic hydroxyl groups is 1. The second kappa shape index (κ2) is 12.0. The van der Waals surface area contributed by atoms with Crippen LogP contribution in [0.15, 0.2) is 85.1 Å². The number of cyclic esters (lactones) is 1. The molecule has 0 radical (unpaired) electrons. The number of hydrogen-bond acceptors (Lipinski definition) is 8. The van der Waals surface area contributed by atoms with Gasteiger partial charge in [-0.15, -0.1) is 5.10 Å². The van der Waals surface area contributed by atoms with E-state index < -0.39 is 32.2 Å². The van der Waals surface area contributed by atoms with Crippen molar-refractivity contribution in [3.8, 4) is 0 Å². The van der Waals surface area contributed by atoms with Crippen LogP contribution in [0.5, 0.6) is 0 Å². The maximum absolute atomic E-state index is 14.8. The summed E-state index contributed by atoms with van der Waals surface area (Å²) >= 11 is 0. The average molecular weight is 654 g/mol. The highest BCUT2D eigenvalue weighted by Crippen LogP contribution is 2.60. The van der Waals surface area contributed by atoms with E-state index in [0.29, 0.717) is 49.6 Å². The number of fused-ring (bicyclic) bond motifs is 2. The summed E-state index contributed by atoms with van der Waals surface area (Å²) in [6, 6.07) is 24.7. The van der Waals surface area contributed by atoms with Crippen LogP contribution < -0.4 is 9.80 Å². The molecule has 2 fully saturated rings. The molecule has 47 heavy (non-hydrogen) atoms. The van der Waals surface area contributed by atoms with E-state index in [4.69, 9.17) is 9.47 Å². The number of benzene rings is 3. The van der Waals surface area contributed by atoms with Crippen LogP contribution in [0.3, 0.4) is 0 Å². The van der Waals surface area contributed by atoms with Crippen molar-refractivity contribution in [3.05, 3.63) is 107 Å². The largest absolute Gasteiger partial charge is 0.447 e. The zero-order valence-corrected chi connectivity index (χ0v) is 27.7. The molecule has 2 amide bonds. The van der Waals surface area contributed by atoms with Gasteiger partial charge in [-0.3, -0.25) is 14.4 Å². The topological polar surface area (TPSA) is 130 Å². The van der Waals surface area contributed by atoms with Gasteiger partial charge in [0.15, 0.2) is 13.9 Å². The second-order valence-corrected chi connectivity index (χ2v) is 17.2. The lowest BCUT2D eigenvalue weighted by Gasteiger charge is -2.32. The molecule has 2 saturated heterocycles. The molecule has 244 valence electrons. The third-order valence-corrected chi connectivity index (χ3v) is 12.3. The van der Waals surface area contributed by atoms with Crippen molar-refractivity contribution in [2.45, 2.75) is 62.9 Å². The molecule has 0 aliphatic carbocycles. The molecule has 3 aliphatic rings. The molecule has 0 bridgehead atoms. The highest BCUT2D eigenvalue weighted by molar-refractivity contribution is 6.71. The van der Waals surface area contributed by atoms with Crippen molar-refractivity contribution in [3.63, 3.8) is 0 Å². The quantitative estimate of drug-likeness (QED) is 0.248. The predicted octanol–water partition coefficient (Wildman–Crippen LogP) is 4.75. The number of nitrogens with zero attached hydrogens (tertiary/aromatic N) is 5. The summed E-state index contributed by atoms with van der Waals surface area (Å²) in [7, 11) is -2.90. The molecule has 7 rings (SSSR count). The second-order valence-electron chi connectivity index (χ2n) is 13.2. The van der Waals surface area contributed by atoms with Gasteiger partial charge in [-0.05, 0) is 48.8 Å². The van der Waals surface area contributed by atoms with Crippen LogP contribution in [0.4, 0.5) is 16.2 Å². The molecule has 12 heteroatoms. The molecule has 3 aliphatic heterocycles. The Morgan fingerprint density at radius 3 is 2.45 bits per heavy atom. The number of carbonyl (C=O) groups is 2. The molecule has 11 nitrogen and oxygen atoms in total. The van der Waals surface area contributed by atoms with Crippen molar-refractivity contribution in [2.75, 3.05) is 23.0 Å².